The van der Waals surface area contributed by atoms with Crippen molar-refractivity contribution in [3.8, 4) is 0 Å². The summed E-state index contributed by atoms with van der Waals surface area (Å²) in [5, 5.41) is 2.40. The van der Waals surface area contributed by atoms with E-state index in [1.165, 1.54) is 30.3 Å². The maximum atomic E-state index is 12.9. The van der Waals surface area contributed by atoms with Gasteiger partial charge in [0.05, 0.1) is 10.5 Å². The predicted octanol–water partition coefficient (Wildman–Crippen LogP) is 5.68. The SMILES string of the molecule is Cc1cc(C)cc(NS(=O)(=O)c2ccc(C)c(C(=O)Nc3cccc(C(F)(F)F)c3)c2)c1. The highest BCUT2D eigenvalue weighted by atomic mass is 32.2. The first-order valence-corrected chi connectivity index (χ1v) is 11.0. The van der Waals surface area contributed by atoms with Gasteiger partial charge < -0.3 is 5.32 Å². The molecule has 32 heavy (non-hydrogen) atoms. The number of aryl methyl sites for hydroxylation is 3. The third kappa shape index (κ3) is 5.47. The summed E-state index contributed by atoms with van der Waals surface area (Å²) in [6.45, 7) is 5.29. The van der Waals surface area contributed by atoms with E-state index in [4.69, 9.17) is 0 Å². The van der Waals surface area contributed by atoms with E-state index < -0.39 is 27.7 Å². The van der Waals surface area contributed by atoms with Crippen LogP contribution in [0.4, 0.5) is 24.5 Å². The molecule has 0 fully saturated rings. The Balaban J connectivity index is 1.89. The topological polar surface area (TPSA) is 75.3 Å². The third-order valence-corrected chi connectivity index (χ3v) is 6.06. The molecule has 3 rings (SSSR count). The van der Waals surface area contributed by atoms with Crippen molar-refractivity contribution in [3.63, 3.8) is 0 Å². The van der Waals surface area contributed by atoms with E-state index in [1.54, 1.807) is 19.1 Å². The van der Waals surface area contributed by atoms with Gasteiger partial charge >= 0.3 is 6.18 Å². The van der Waals surface area contributed by atoms with Gasteiger partial charge in [-0.3, -0.25) is 9.52 Å². The zero-order chi connectivity index (χ0) is 23.7. The highest BCUT2D eigenvalue weighted by Gasteiger charge is 2.30. The van der Waals surface area contributed by atoms with E-state index in [-0.39, 0.29) is 16.1 Å². The molecule has 0 atom stereocenters. The van der Waals surface area contributed by atoms with Crippen LogP contribution >= 0.6 is 0 Å². The van der Waals surface area contributed by atoms with Crippen LogP contribution in [0.2, 0.25) is 0 Å². The number of rotatable bonds is 5. The van der Waals surface area contributed by atoms with Crippen LogP contribution in [0.25, 0.3) is 0 Å². The molecule has 9 heteroatoms. The zero-order valence-electron chi connectivity index (χ0n) is 17.5. The van der Waals surface area contributed by atoms with E-state index in [0.29, 0.717) is 11.3 Å². The molecule has 0 unspecified atom stereocenters. The van der Waals surface area contributed by atoms with Crippen molar-refractivity contribution >= 4 is 27.3 Å². The number of amides is 1. The highest BCUT2D eigenvalue weighted by Crippen LogP contribution is 2.31. The molecule has 168 valence electrons. The lowest BCUT2D eigenvalue weighted by molar-refractivity contribution is -0.137. The molecule has 0 aliphatic heterocycles. The Morgan fingerprint density at radius 2 is 1.50 bits per heavy atom. The fraction of sp³-hybridized carbons (Fsp3) is 0.174. The smallest absolute Gasteiger partial charge is 0.322 e. The molecular formula is C23H21F3N2O3S. The number of sulfonamides is 1. The number of alkyl halides is 3. The predicted molar refractivity (Wildman–Crippen MR) is 117 cm³/mol. The van der Waals surface area contributed by atoms with Crippen molar-refractivity contribution < 1.29 is 26.4 Å². The first-order chi connectivity index (χ1) is 14.8. The fourth-order valence-electron chi connectivity index (χ4n) is 3.23. The van der Waals surface area contributed by atoms with Gasteiger partial charge in [0, 0.05) is 16.9 Å². The Morgan fingerprint density at radius 1 is 0.844 bits per heavy atom. The average Bonchev–Trinajstić information content (AvgIpc) is 2.66. The van der Waals surface area contributed by atoms with Gasteiger partial charge in [-0.15, -0.1) is 0 Å². The van der Waals surface area contributed by atoms with Crippen molar-refractivity contribution in [1.29, 1.82) is 0 Å². The number of halogens is 3. The molecule has 0 spiro atoms. The van der Waals surface area contributed by atoms with Crippen molar-refractivity contribution in [2.45, 2.75) is 31.8 Å². The van der Waals surface area contributed by atoms with E-state index in [2.05, 4.69) is 10.0 Å². The number of carbonyl (C=O) groups is 1. The summed E-state index contributed by atoms with van der Waals surface area (Å²) in [4.78, 5) is 12.6. The molecule has 3 aromatic rings. The van der Waals surface area contributed by atoms with Crippen LogP contribution < -0.4 is 10.0 Å². The minimum atomic E-state index is -4.55. The second kappa shape index (κ2) is 8.66. The molecular weight excluding hydrogens is 441 g/mol. The number of anilines is 2. The van der Waals surface area contributed by atoms with Crippen LogP contribution in [0.1, 0.15) is 32.6 Å². The molecule has 0 bridgehead atoms. The minimum absolute atomic E-state index is 0.0331. The van der Waals surface area contributed by atoms with Gasteiger partial charge in [-0.1, -0.05) is 18.2 Å². The molecule has 0 heterocycles. The van der Waals surface area contributed by atoms with Crippen LogP contribution in [-0.2, 0) is 16.2 Å². The number of carbonyl (C=O) groups excluding carboxylic acids is 1. The maximum Gasteiger partial charge on any atom is 0.416 e. The Kier molecular flexibility index (Phi) is 6.32. The van der Waals surface area contributed by atoms with Gasteiger partial charge in [-0.05, 0) is 79.9 Å². The molecule has 0 aromatic heterocycles. The standard InChI is InChI=1S/C23H21F3N2O3S/c1-14-9-15(2)11-19(10-14)28-32(30,31)20-8-7-16(3)21(13-20)22(29)27-18-6-4-5-17(12-18)23(24,25)26/h4-13,28H,1-3H3,(H,27,29). The summed E-state index contributed by atoms with van der Waals surface area (Å²) in [6, 6.07) is 13.5. The lowest BCUT2D eigenvalue weighted by Crippen LogP contribution is -2.17. The molecule has 2 N–H and O–H groups in total. The van der Waals surface area contributed by atoms with Gasteiger partial charge in [0.2, 0.25) is 0 Å². The van der Waals surface area contributed by atoms with Crippen molar-refractivity contribution in [2.75, 3.05) is 10.0 Å². The quantitative estimate of drug-likeness (QED) is 0.512. The summed E-state index contributed by atoms with van der Waals surface area (Å²) >= 11 is 0. The van der Waals surface area contributed by atoms with Gasteiger partial charge in [-0.25, -0.2) is 8.42 Å². The second-order valence-electron chi connectivity index (χ2n) is 7.49. The summed E-state index contributed by atoms with van der Waals surface area (Å²) in [6.07, 6.45) is -4.55. The summed E-state index contributed by atoms with van der Waals surface area (Å²) in [7, 11) is -4.00. The van der Waals surface area contributed by atoms with E-state index in [9.17, 15) is 26.4 Å². The normalized spacial score (nSPS) is 11.8. The van der Waals surface area contributed by atoms with E-state index in [1.807, 2.05) is 19.9 Å². The lowest BCUT2D eigenvalue weighted by Gasteiger charge is -2.13. The second-order valence-corrected chi connectivity index (χ2v) is 9.17. The maximum absolute atomic E-state index is 12.9. The van der Waals surface area contributed by atoms with E-state index in [0.717, 1.165) is 23.3 Å². The summed E-state index contributed by atoms with van der Waals surface area (Å²) in [5.74, 6) is -0.717. The Bertz CT molecular complexity index is 1270. The first kappa shape index (κ1) is 23.3. The molecule has 0 radical (unpaired) electrons. The molecule has 0 saturated heterocycles. The summed E-state index contributed by atoms with van der Waals surface area (Å²) < 4.78 is 67.0. The minimum Gasteiger partial charge on any atom is -0.322 e. The lowest BCUT2D eigenvalue weighted by atomic mass is 10.1. The molecule has 0 saturated carbocycles. The number of hydrogen-bond donors (Lipinski definition) is 2. The number of hydrogen-bond acceptors (Lipinski definition) is 3. The van der Waals surface area contributed by atoms with Gasteiger partial charge in [0.1, 0.15) is 0 Å². The van der Waals surface area contributed by atoms with Crippen LogP contribution in [-0.4, -0.2) is 14.3 Å². The molecule has 3 aromatic carbocycles. The van der Waals surface area contributed by atoms with Crippen LogP contribution in [0, 0.1) is 20.8 Å². The van der Waals surface area contributed by atoms with Crippen molar-refractivity contribution in [3.05, 3.63) is 88.5 Å². The number of nitrogens with one attached hydrogen (secondary N) is 2. The fourth-order valence-corrected chi connectivity index (χ4v) is 4.30. The number of benzene rings is 3. The first-order valence-electron chi connectivity index (χ1n) is 9.55. The summed E-state index contributed by atoms with van der Waals surface area (Å²) in [5.41, 5.74) is 1.70. The third-order valence-electron chi connectivity index (χ3n) is 4.69. The van der Waals surface area contributed by atoms with Gasteiger partial charge in [0.25, 0.3) is 15.9 Å². The van der Waals surface area contributed by atoms with E-state index >= 15 is 0 Å². The Hall–Kier alpha value is -3.33. The van der Waals surface area contributed by atoms with Gasteiger partial charge in [0.15, 0.2) is 0 Å². The zero-order valence-corrected chi connectivity index (χ0v) is 18.4. The molecule has 0 aliphatic carbocycles. The van der Waals surface area contributed by atoms with Crippen molar-refractivity contribution in [2.24, 2.45) is 0 Å². The molecule has 5 nitrogen and oxygen atoms in total. The highest BCUT2D eigenvalue weighted by molar-refractivity contribution is 7.92. The monoisotopic (exact) mass is 462 g/mol. The molecule has 1 amide bonds. The van der Waals surface area contributed by atoms with Crippen molar-refractivity contribution in [1.82, 2.24) is 0 Å². The largest absolute Gasteiger partial charge is 0.416 e. The Morgan fingerprint density at radius 3 is 2.12 bits per heavy atom. The van der Waals surface area contributed by atoms with Crippen LogP contribution in [0.5, 0.6) is 0 Å². The van der Waals surface area contributed by atoms with Crippen LogP contribution in [0.15, 0.2) is 65.6 Å². The average molecular weight is 462 g/mol. The van der Waals surface area contributed by atoms with Crippen LogP contribution in [0.3, 0.4) is 0 Å². The Labute approximate surface area is 184 Å². The molecule has 0 aliphatic rings. The van der Waals surface area contributed by atoms with Gasteiger partial charge in [-0.2, -0.15) is 13.2 Å².